The summed E-state index contributed by atoms with van der Waals surface area (Å²) in [6.07, 6.45) is 9.18. The van der Waals surface area contributed by atoms with E-state index < -0.39 is 0 Å². The van der Waals surface area contributed by atoms with Gasteiger partial charge in [-0.1, -0.05) is 24.6 Å². The molecule has 1 aliphatic carbocycles. The first kappa shape index (κ1) is 25.0. The van der Waals surface area contributed by atoms with E-state index in [0.717, 1.165) is 56.0 Å². The molecule has 8 heteroatoms. The lowest BCUT2D eigenvalue weighted by Crippen LogP contribution is -2.45. The summed E-state index contributed by atoms with van der Waals surface area (Å²) < 4.78 is 2.40. The summed E-state index contributed by atoms with van der Waals surface area (Å²) in [4.78, 5) is 7.28. The Balaban J connectivity index is 1.85. The smallest absolute Gasteiger partial charge is 0.191 e. The molecule has 0 saturated heterocycles. The molecule has 2 N–H and O–H groups in total. The lowest BCUT2D eigenvalue weighted by Gasteiger charge is -2.30. The molecular weight excluding hydrogens is 394 g/mol. The van der Waals surface area contributed by atoms with Crippen molar-refractivity contribution in [3.05, 3.63) is 5.82 Å². The SMILES string of the molecule is CCNC(=NCCCc1nnc(SC)n1C1CCCC1)NCCN(C(C)C)C(C)C. The Kier molecular flexibility index (Phi) is 11.0. The van der Waals surface area contributed by atoms with E-state index in [-0.39, 0.29) is 0 Å². The molecule has 0 amide bonds. The van der Waals surface area contributed by atoms with Crippen LogP contribution in [0.25, 0.3) is 0 Å². The number of nitrogens with one attached hydrogen (secondary N) is 2. The molecule has 172 valence electrons. The molecule has 0 bridgehead atoms. The monoisotopic (exact) mass is 437 g/mol. The van der Waals surface area contributed by atoms with E-state index in [1.54, 1.807) is 11.8 Å². The number of hydrogen-bond acceptors (Lipinski definition) is 5. The Hall–Kier alpha value is -1.28. The fourth-order valence-electron chi connectivity index (χ4n) is 4.33. The van der Waals surface area contributed by atoms with Crippen LogP contribution in [-0.4, -0.2) is 70.1 Å². The summed E-state index contributed by atoms with van der Waals surface area (Å²) in [6.45, 7) is 14.7. The summed E-state index contributed by atoms with van der Waals surface area (Å²) in [6, 6.07) is 1.69. The van der Waals surface area contributed by atoms with Crippen molar-refractivity contribution in [1.29, 1.82) is 0 Å². The third-order valence-electron chi connectivity index (χ3n) is 5.77. The highest BCUT2D eigenvalue weighted by Crippen LogP contribution is 2.33. The molecule has 1 heterocycles. The lowest BCUT2D eigenvalue weighted by atomic mass is 10.2. The molecule has 1 aliphatic rings. The van der Waals surface area contributed by atoms with Gasteiger partial charge in [-0.05, 0) is 60.1 Å². The molecule has 7 nitrogen and oxygen atoms in total. The van der Waals surface area contributed by atoms with Gasteiger partial charge in [-0.2, -0.15) is 0 Å². The minimum atomic E-state index is 0.551. The number of nitrogens with zero attached hydrogens (tertiary/aromatic N) is 5. The largest absolute Gasteiger partial charge is 0.357 e. The minimum absolute atomic E-state index is 0.551. The molecule has 0 aromatic carbocycles. The second-order valence-electron chi connectivity index (χ2n) is 8.63. The van der Waals surface area contributed by atoms with Crippen molar-refractivity contribution >= 4 is 17.7 Å². The molecule has 1 saturated carbocycles. The van der Waals surface area contributed by atoms with Crippen LogP contribution in [-0.2, 0) is 6.42 Å². The van der Waals surface area contributed by atoms with Gasteiger partial charge < -0.3 is 15.2 Å². The van der Waals surface area contributed by atoms with Gasteiger partial charge >= 0.3 is 0 Å². The van der Waals surface area contributed by atoms with E-state index in [1.807, 2.05) is 0 Å². The maximum Gasteiger partial charge on any atom is 0.191 e. The van der Waals surface area contributed by atoms with Gasteiger partial charge in [-0.3, -0.25) is 9.89 Å². The first-order valence-corrected chi connectivity index (χ1v) is 13.0. The number of aryl methyl sites for hydroxylation is 1. The second-order valence-corrected chi connectivity index (χ2v) is 9.40. The van der Waals surface area contributed by atoms with Crippen LogP contribution in [0.1, 0.15) is 78.6 Å². The Morgan fingerprint density at radius 1 is 1.17 bits per heavy atom. The number of guanidine groups is 1. The summed E-state index contributed by atoms with van der Waals surface area (Å²) in [5, 5.41) is 16.8. The number of rotatable bonds is 12. The molecule has 1 fully saturated rings. The van der Waals surface area contributed by atoms with E-state index in [9.17, 15) is 0 Å². The van der Waals surface area contributed by atoms with Crippen LogP contribution < -0.4 is 10.6 Å². The predicted molar refractivity (Wildman–Crippen MR) is 129 cm³/mol. The summed E-state index contributed by atoms with van der Waals surface area (Å²) in [7, 11) is 0. The van der Waals surface area contributed by atoms with Gasteiger partial charge in [0.2, 0.25) is 0 Å². The fourth-order valence-corrected chi connectivity index (χ4v) is 4.91. The molecule has 1 aromatic rings. The zero-order valence-corrected chi connectivity index (χ0v) is 20.8. The highest BCUT2D eigenvalue weighted by molar-refractivity contribution is 7.98. The van der Waals surface area contributed by atoms with Crippen molar-refractivity contribution in [2.24, 2.45) is 4.99 Å². The van der Waals surface area contributed by atoms with Crippen LogP contribution >= 0.6 is 11.8 Å². The van der Waals surface area contributed by atoms with Crippen molar-refractivity contribution in [1.82, 2.24) is 30.3 Å². The lowest BCUT2D eigenvalue weighted by molar-refractivity contribution is 0.178. The molecule has 0 aliphatic heterocycles. The predicted octanol–water partition coefficient (Wildman–Crippen LogP) is 3.72. The normalized spacial score (nSPS) is 15.7. The number of hydrogen-bond donors (Lipinski definition) is 2. The van der Waals surface area contributed by atoms with Gasteiger partial charge in [-0.15, -0.1) is 10.2 Å². The molecule has 0 spiro atoms. The van der Waals surface area contributed by atoms with Crippen LogP contribution in [0.15, 0.2) is 10.1 Å². The van der Waals surface area contributed by atoms with Crippen LogP contribution in [0.4, 0.5) is 0 Å². The highest BCUT2D eigenvalue weighted by atomic mass is 32.2. The van der Waals surface area contributed by atoms with Crippen molar-refractivity contribution in [3.8, 4) is 0 Å². The van der Waals surface area contributed by atoms with E-state index >= 15 is 0 Å². The molecule has 1 aromatic heterocycles. The number of aromatic nitrogens is 3. The van der Waals surface area contributed by atoms with Gasteiger partial charge in [0.1, 0.15) is 5.82 Å². The summed E-state index contributed by atoms with van der Waals surface area (Å²) in [5.74, 6) is 2.04. The average Bonchev–Trinajstić information content (AvgIpc) is 3.36. The highest BCUT2D eigenvalue weighted by Gasteiger charge is 2.23. The summed E-state index contributed by atoms with van der Waals surface area (Å²) in [5.41, 5.74) is 0. The van der Waals surface area contributed by atoms with E-state index in [4.69, 9.17) is 4.99 Å². The zero-order chi connectivity index (χ0) is 21.9. The van der Waals surface area contributed by atoms with Crippen molar-refractivity contribution in [2.45, 2.75) is 96.4 Å². The van der Waals surface area contributed by atoms with Crippen LogP contribution in [0.3, 0.4) is 0 Å². The van der Waals surface area contributed by atoms with Crippen LogP contribution in [0, 0.1) is 0 Å². The molecule has 0 radical (unpaired) electrons. The molecule has 0 unspecified atom stereocenters. The second kappa shape index (κ2) is 13.2. The molecule has 30 heavy (non-hydrogen) atoms. The van der Waals surface area contributed by atoms with Gasteiger partial charge in [0, 0.05) is 50.7 Å². The van der Waals surface area contributed by atoms with Gasteiger partial charge in [-0.25, -0.2) is 0 Å². The number of thioether (sulfide) groups is 1. The van der Waals surface area contributed by atoms with Gasteiger partial charge in [0.25, 0.3) is 0 Å². The quantitative estimate of drug-likeness (QED) is 0.225. The third-order valence-corrected chi connectivity index (χ3v) is 6.41. The van der Waals surface area contributed by atoms with Crippen LogP contribution in [0.2, 0.25) is 0 Å². The first-order valence-electron chi connectivity index (χ1n) is 11.7. The van der Waals surface area contributed by atoms with Gasteiger partial charge in [0.05, 0.1) is 0 Å². The van der Waals surface area contributed by atoms with E-state index in [1.165, 1.54) is 25.7 Å². The van der Waals surface area contributed by atoms with Gasteiger partial charge in [0.15, 0.2) is 11.1 Å². The molecule has 0 atom stereocenters. The molecule has 2 rings (SSSR count). The minimum Gasteiger partial charge on any atom is -0.357 e. The van der Waals surface area contributed by atoms with Crippen molar-refractivity contribution in [2.75, 3.05) is 32.4 Å². The maximum absolute atomic E-state index is 4.78. The standard InChI is InChI=1S/C22H43N7S/c1-7-23-21(25-15-16-28(17(2)3)18(4)5)24-14-10-13-20-26-27-22(30-6)29(20)19-11-8-9-12-19/h17-19H,7-16H2,1-6H3,(H2,23,24,25). The van der Waals surface area contributed by atoms with Crippen molar-refractivity contribution in [3.63, 3.8) is 0 Å². The Morgan fingerprint density at radius 2 is 1.87 bits per heavy atom. The molecular formula is C22H43N7S. The topological polar surface area (TPSA) is 70.4 Å². The Labute approximate surface area is 187 Å². The first-order chi connectivity index (χ1) is 14.5. The van der Waals surface area contributed by atoms with Crippen LogP contribution in [0.5, 0.6) is 0 Å². The zero-order valence-electron chi connectivity index (χ0n) is 19.9. The fraction of sp³-hybridized carbons (Fsp3) is 0.864. The maximum atomic E-state index is 4.78. The Morgan fingerprint density at radius 3 is 2.47 bits per heavy atom. The average molecular weight is 438 g/mol. The third kappa shape index (κ3) is 7.45. The number of aliphatic imine (C=N–C) groups is 1. The van der Waals surface area contributed by atoms with E-state index in [2.05, 4.69) is 71.2 Å². The summed E-state index contributed by atoms with van der Waals surface area (Å²) >= 11 is 1.71. The van der Waals surface area contributed by atoms with Crippen molar-refractivity contribution < 1.29 is 0 Å². The van der Waals surface area contributed by atoms with E-state index in [0.29, 0.717) is 18.1 Å². The Bertz CT molecular complexity index is 627.